The van der Waals surface area contributed by atoms with Gasteiger partial charge in [0.1, 0.15) is 5.60 Å². The van der Waals surface area contributed by atoms with Gasteiger partial charge in [-0.05, 0) is 58.1 Å². The lowest BCUT2D eigenvalue weighted by atomic mass is 10.0. The standard InChI is InChI=1S/C18H27N3O2/c1-18(2,3)23-17(22)21-11-5-7-14(12-21)20-15-9-8-13-6-4-10-19-16(13)15/h4,6,10,14-15,20H,5,7-9,11-12H2,1-3H3. The minimum atomic E-state index is -0.439. The number of nitrogens with zero attached hydrogens (tertiary/aromatic N) is 2. The Balaban J connectivity index is 1.58. The number of aryl methyl sites for hydroxylation is 1. The van der Waals surface area contributed by atoms with Crippen molar-refractivity contribution in [3.63, 3.8) is 0 Å². The van der Waals surface area contributed by atoms with Gasteiger partial charge in [0.15, 0.2) is 0 Å². The predicted molar refractivity (Wildman–Crippen MR) is 89.3 cm³/mol. The highest BCUT2D eigenvalue weighted by molar-refractivity contribution is 5.68. The molecule has 2 heterocycles. The lowest BCUT2D eigenvalue weighted by Gasteiger charge is -2.35. The Morgan fingerprint density at radius 1 is 1.39 bits per heavy atom. The molecule has 1 amide bonds. The molecule has 1 saturated heterocycles. The van der Waals surface area contributed by atoms with Gasteiger partial charge in [-0.3, -0.25) is 4.98 Å². The number of nitrogens with one attached hydrogen (secondary N) is 1. The molecule has 0 bridgehead atoms. The summed E-state index contributed by atoms with van der Waals surface area (Å²) in [7, 11) is 0. The van der Waals surface area contributed by atoms with Crippen LogP contribution in [0.5, 0.6) is 0 Å². The van der Waals surface area contributed by atoms with Crippen molar-refractivity contribution in [3.8, 4) is 0 Å². The third-order valence-electron chi connectivity index (χ3n) is 4.47. The number of piperidine rings is 1. The van der Waals surface area contributed by atoms with Crippen LogP contribution in [0.1, 0.15) is 57.3 Å². The molecule has 0 saturated carbocycles. The number of carbonyl (C=O) groups excluding carboxylic acids is 1. The molecule has 2 atom stereocenters. The molecular formula is C18H27N3O2. The second-order valence-electron chi connectivity index (χ2n) is 7.57. The lowest BCUT2D eigenvalue weighted by Crippen LogP contribution is -2.49. The molecule has 5 nitrogen and oxygen atoms in total. The maximum atomic E-state index is 12.3. The van der Waals surface area contributed by atoms with Gasteiger partial charge < -0.3 is 15.0 Å². The molecule has 1 aliphatic heterocycles. The summed E-state index contributed by atoms with van der Waals surface area (Å²) in [5.74, 6) is 0. The highest BCUT2D eigenvalue weighted by Gasteiger charge is 2.31. The number of hydrogen-bond acceptors (Lipinski definition) is 4. The van der Waals surface area contributed by atoms with E-state index in [1.165, 1.54) is 11.3 Å². The summed E-state index contributed by atoms with van der Waals surface area (Å²) in [5, 5.41) is 3.71. The summed E-state index contributed by atoms with van der Waals surface area (Å²) in [6.45, 7) is 7.23. The van der Waals surface area contributed by atoms with Crippen LogP contribution in [0, 0.1) is 0 Å². The number of pyridine rings is 1. The van der Waals surface area contributed by atoms with Crippen LogP contribution in [0.25, 0.3) is 0 Å². The molecule has 0 spiro atoms. The van der Waals surface area contributed by atoms with E-state index >= 15 is 0 Å². The van der Waals surface area contributed by atoms with Crippen LogP contribution in [0.4, 0.5) is 4.79 Å². The van der Waals surface area contributed by atoms with Gasteiger partial charge in [0.2, 0.25) is 0 Å². The van der Waals surface area contributed by atoms with E-state index in [2.05, 4.69) is 16.4 Å². The average Bonchev–Trinajstić information content (AvgIpc) is 2.89. The van der Waals surface area contributed by atoms with Crippen LogP contribution in [-0.2, 0) is 11.2 Å². The van der Waals surface area contributed by atoms with Crippen molar-refractivity contribution in [1.82, 2.24) is 15.2 Å². The van der Waals surface area contributed by atoms with Crippen LogP contribution in [0.15, 0.2) is 18.3 Å². The van der Waals surface area contributed by atoms with Gasteiger partial charge in [0.25, 0.3) is 0 Å². The molecule has 0 aromatic carbocycles. The third-order valence-corrected chi connectivity index (χ3v) is 4.47. The van der Waals surface area contributed by atoms with E-state index in [4.69, 9.17) is 4.74 Å². The first-order valence-electron chi connectivity index (χ1n) is 8.60. The maximum Gasteiger partial charge on any atom is 0.410 e. The number of rotatable bonds is 2. The van der Waals surface area contributed by atoms with Gasteiger partial charge >= 0.3 is 6.09 Å². The number of aromatic nitrogens is 1. The second-order valence-corrected chi connectivity index (χ2v) is 7.57. The molecule has 3 rings (SSSR count). The number of amides is 1. The topological polar surface area (TPSA) is 54.5 Å². The third kappa shape index (κ3) is 4.02. The van der Waals surface area contributed by atoms with Crippen molar-refractivity contribution in [3.05, 3.63) is 29.6 Å². The van der Waals surface area contributed by atoms with Crippen molar-refractivity contribution < 1.29 is 9.53 Å². The number of carbonyl (C=O) groups is 1. The molecule has 1 fully saturated rings. The zero-order valence-electron chi connectivity index (χ0n) is 14.3. The minimum absolute atomic E-state index is 0.200. The van der Waals surface area contributed by atoms with Crippen molar-refractivity contribution >= 4 is 6.09 Å². The summed E-state index contributed by atoms with van der Waals surface area (Å²) >= 11 is 0. The Hall–Kier alpha value is -1.62. The van der Waals surface area contributed by atoms with E-state index in [0.29, 0.717) is 18.6 Å². The zero-order chi connectivity index (χ0) is 16.4. The van der Waals surface area contributed by atoms with Gasteiger partial charge in [-0.15, -0.1) is 0 Å². The minimum Gasteiger partial charge on any atom is -0.444 e. The quantitative estimate of drug-likeness (QED) is 0.911. The lowest BCUT2D eigenvalue weighted by molar-refractivity contribution is 0.0183. The smallest absolute Gasteiger partial charge is 0.410 e. The number of hydrogen-bond donors (Lipinski definition) is 1. The van der Waals surface area contributed by atoms with E-state index in [1.54, 1.807) is 0 Å². The molecule has 126 valence electrons. The molecule has 1 aromatic rings. The molecule has 0 radical (unpaired) electrons. The van der Waals surface area contributed by atoms with Crippen molar-refractivity contribution in [1.29, 1.82) is 0 Å². The summed E-state index contributed by atoms with van der Waals surface area (Å²) in [6, 6.07) is 4.80. The van der Waals surface area contributed by atoms with E-state index < -0.39 is 5.60 Å². The SMILES string of the molecule is CC(C)(C)OC(=O)N1CCCC(NC2CCc3cccnc32)C1. The van der Waals surface area contributed by atoms with E-state index in [9.17, 15) is 4.79 Å². The van der Waals surface area contributed by atoms with E-state index in [0.717, 1.165) is 32.2 Å². The molecule has 2 unspecified atom stereocenters. The molecule has 1 N–H and O–H groups in total. The Morgan fingerprint density at radius 3 is 3.00 bits per heavy atom. The Morgan fingerprint density at radius 2 is 2.22 bits per heavy atom. The predicted octanol–water partition coefficient (Wildman–Crippen LogP) is 3.06. The maximum absolute atomic E-state index is 12.3. The van der Waals surface area contributed by atoms with Crippen LogP contribution in [-0.4, -0.2) is 40.7 Å². The first-order valence-corrected chi connectivity index (χ1v) is 8.60. The molecule has 23 heavy (non-hydrogen) atoms. The number of likely N-dealkylation sites (tertiary alicyclic amines) is 1. The molecular weight excluding hydrogens is 290 g/mol. The van der Waals surface area contributed by atoms with Crippen molar-refractivity contribution in [2.45, 2.75) is 64.1 Å². The fraction of sp³-hybridized carbons (Fsp3) is 0.667. The number of fused-ring (bicyclic) bond motifs is 1. The first-order chi connectivity index (χ1) is 10.9. The second kappa shape index (κ2) is 6.48. The van der Waals surface area contributed by atoms with Crippen LogP contribution >= 0.6 is 0 Å². The Bertz CT molecular complexity index is 568. The van der Waals surface area contributed by atoms with Gasteiger partial charge in [0.05, 0.1) is 11.7 Å². The molecule has 1 aliphatic carbocycles. The Labute approximate surface area is 138 Å². The highest BCUT2D eigenvalue weighted by Crippen LogP contribution is 2.30. The fourth-order valence-corrected chi connectivity index (χ4v) is 3.46. The van der Waals surface area contributed by atoms with Crippen LogP contribution in [0.3, 0.4) is 0 Å². The van der Waals surface area contributed by atoms with E-state index in [-0.39, 0.29) is 6.09 Å². The molecule has 1 aromatic heterocycles. The number of ether oxygens (including phenoxy) is 1. The van der Waals surface area contributed by atoms with E-state index in [1.807, 2.05) is 37.9 Å². The summed E-state index contributed by atoms with van der Waals surface area (Å²) < 4.78 is 5.50. The largest absolute Gasteiger partial charge is 0.444 e. The van der Waals surface area contributed by atoms with Gasteiger partial charge in [-0.2, -0.15) is 0 Å². The summed E-state index contributed by atoms with van der Waals surface area (Å²) in [6.07, 6.45) is 5.95. The summed E-state index contributed by atoms with van der Waals surface area (Å²) in [4.78, 5) is 18.6. The molecule has 5 heteroatoms. The summed E-state index contributed by atoms with van der Waals surface area (Å²) in [5.41, 5.74) is 2.10. The van der Waals surface area contributed by atoms with Gasteiger partial charge in [-0.25, -0.2) is 4.79 Å². The Kier molecular flexibility index (Phi) is 4.57. The van der Waals surface area contributed by atoms with Crippen LogP contribution < -0.4 is 5.32 Å². The monoisotopic (exact) mass is 317 g/mol. The first kappa shape index (κ1) is 16.2. The van der Waals surface area contributed by atoms with Gasteiger partial charge in [0, 0.05) is 25.3 Å². The normalized spacial score (nSPS) is 24.4. The van der Waals surface area contributed by atoms with Gasteiger partial charge in [-0.1, -0.05) is 6.07 Å². The average molecular weight is 317 g/mol. The zero-order valence-corrected chi connectivity index (χ0v) is 14.3. The fourth-order valence-electron chi connectivity index (χ4n) is 3.46. The van der Waals surface area contributed by atoms with Crippen molar-refractivity contribution in [2.24, 2.45) is 0 Å². The molecule has 2 aliphatic rings. The van der Waals surface area contributed by atoms with Crippen LogP contribution in [0.2, 0.25) is 0 Å². The van der Waals surface area contributed by atoms with Crippen molar-refractivity contribution in [2.75, 3.05) is 13.1 Å². The highest BCUT2D eigenvalue weighted by atomic mass is 16.6.